The molecule has 0 aromatic rings. The molecule has 1 heterocycles. The maximum absolute atomic E-state index is 12.2. The Bertz CT molecular complexity index is 527. The summed E-state index contributed by atoms with van der Waals surface area (Å²) in [4.78, 5) is 12.2. The van der Waals surface area contributed by atoms with Crippen molar-refractivity contribution >= 4 is 25.4 Å². The fraction of sp³-hybridized carbons (Fsp3) is 0.969. The molecule has 0 aliphatic carbocycles. The number of carbonyl (C=O) groups excluding carboxylic acids is 1. The lowest BCUT2D eigenvalue weighted by Crippen LogP contribution is -2.47. The minimum Gasteiger partial charge on any atom is -0.394 e. The molecule has 1 N–H and O–H groups in total. The summed E-state index contributed by atoms with van der Waals surface area (Å²) in [7, 11) is -2.17. The van der Waals surface area contributed by atoms with Crippen LogP contribution in [0.25, 0.3) is 0 Å². The highest BCUT2D eigenvalue weighted by atomic mass is 32.2. The Kier molecular flexibility index (Phi) is 24.8. The molecule has 1 aliphatic rings. The van der Waals surface area contributed by atoms with Crippen molar-refractivity contribution in [2.45, 2.75) is 174 Å². The van der Waals surface area contributed by atoms with Gasteiger partial charge in [-0.15, -0.1) is 0 Å². The van der Waals surface area contributed by atoms with Crippen LogP contribution in [-0.4, -0.2) is 32.6 Å². The quantitative estimate of drug-likeness (QED) is 0.0872. The van der Waals surface area contributed by atoms with E-state index >= 15 is 0 Å². The lowest BCUT2D eigenvalue weighted by Gasteiger charge is -2.31. The van der Waals surface area contributed by atoms with E-state index in [4.69, 9.17) is 8.95 Å². The predicted octanol–water partition coefficient (Wildman–Crippen LogP) is 10.5. The first-order valence-electron chi connectivity index (χ1n) is 16.8. The molecule has 0 aromatic heterocycles. The van der Waals surface area contributed by atoms with E-state index in [1.54, 1.807) is 0 Å². The van der Waals surface area contributed by atoms with Crippen molar-refractivity contribution < 1.29 is 13.7 Å². The van der Waals surface area contributed by atoms with Crippen molar-refractivity contribution in [2.24, 2.45) is 5.92 Å². The first-order chi connectivity index (χ1) is 18.6. The SMILES string of the molecule is CCCCCCCCCCCCC1CCO[Si](C)(CCCSC(=O)CCCCCCCCCCC)ONC1. The molecule has 0 aromatic carbocycles. The molecule has 0 radical (unpaired) electrons. The number of carbonyl (C=O) groups is 1. The Morgan fingerprint density at radius 3 is 1.87 bits per heavy atom. The van der Waals surface area contributed by atoms with Crippen LogP contribution < -0.4 is 5.48 Å². The topological polar surface area (TPSA) is 47.6 Å². The Balaban J connectivity index is 1.98. The second-order valence-electron chi connectivity index (χ2n) is 12.0. The molecule has 0 spiro atoms. The molecule has 2 unspecified atom stereocenters. The van der Waals surface area contributed by atoms with Crippen molar-refractivity contribution in [3.63, 3.8) is 0 Å². The number of rotatable bonds is 25. The maximum atomic E-state index is 12.2. The number of nitrogens with one attached hydrogen (secondary N) is 1. The van der Waals surface area contributed by atoms with E-state index in [0.29, 0.717) is 11.0 Å². The highest BCUT2D eigenvalue weighted by Crippen LogP contribution is 2.23. The van der Waals surface area contributed by atoms with Crippen LogP contribution in [0.15, 0.2) is 0 Å². The molecule has 38 heavy (non-hydrogen) atoms. The summed E-state index contributed by atoms with van der Waals surface area (Å²) >= 11 is 1.52. The third kappa shape index (κ3) is 21.9. The molecule has 2 atom stereocenters. The minimum absolute atomic E-state index is 0.368. The fourth-order valence-corrected chi connectivity index (χ4v) is 8.53. The van der Waals surface area contributed by atoms with Gasteiger partial charge in [-0.3, -0.25) is 4.79 Å². The van der Waals surface area contributed by atoms with E-state index < -0.39 is 8.56 Å². The van der Waals surface area contributed by atoms with Gasteiger partial charge >= 0.3 is 8.56 Å². The van der Waals surface area contributed by atoms with Gasteiger partial charge in [0.25, 0.3) is 0 Å². The van der Waals surface area contributed by atoms with Gasteiger partial charge in [0.1, 0.15) is 0 Å². The molecule has 1 fully saturated rings. The third-order valence-corrected chi connectivity index (χ3v) is 11.8. The van der Waals surface area contributed by atoms with E-state index in [-0.39, 0.29) is 0 Å². The Hall–Kier alpha value is 0.117. The largest absolute Gasteiger partial charge is 0.394 e. The van der Waals surface area contributed by atoms with Gasteiger partial charge < -0.3 is 8.95 Å². The van der Waals surface area contributed by atoms with Crippen molar-refractivity contribution in [3.05, 3.63) is 0 Å². The van der Waals surface area contributed by atoms with Gasteiger partial charge in [0, 0.05) is 25.3 Å². The molecule has 0 saturated carbocycles. The van der Waals surface area contributed by atoms with Crippen LogP contribution in [0.5, 0.6) is 0 Å². The lowest BCUT2D eigenvalue weighted by molar-refractivity contribution is -0.111. The van der Waals surface area contributed by atoms with Crippen molar-refractivity contribution in [1.29, 1.82) is 0 Å². The van der Waals surface area contributed by atoms with Crippen LogP contribution in [0.4, 0.5) is 0 Å². The van der Waals surface area contributed by atoms with E-state index in [1.807, 2.05) is 0 Å². The molecule has 1 aliphatic heterocycles. The van der Waals surface area contributed by atoms with Crippen LogP contribution in [-0.2, 0) is 13.7 Å². The summed E-state index contributed by atoms with van der Waals surface area (Å²) in [5, 5.41) is 0.368. The zero-order valence-electron chi connectivity index (χ0n) is 25.8. The highest BCUT2D eigenvalue weighted by molar-refractivity contribution is 8.13. The zero-order chi connectivity index (χ0) is 27.6. The van der Waals surface area contributed by atoms with Gasteiger partial charge in [0.05, 0.1) is 0 Å². The van der Waals surface area contributed by atoms with E-state index in [9.17, 15) is 4.79 Å². The van der Waals surface area contributed by atoms with Crippen LogP contribution in [0, 0.1) is 5.92 Å². The first-order valence-corrected chi connectivity index (χ1v) is 20.3. The van der Waals surface area contributed by atoms with Gasteiger partial charge in [-0.1, -0.05) is 141 Å². The normalized spacial score (nSPS) is 20.3. The summed E-state index contributed by atoms with van der Waals surface area (Å²) in [5.41, 5.74) is 3.28. The summed E-state index contributed by atoms with van der Waals surface area (Å²) in [6.45, 7) is 8.52. The molecule has 226 valence electrons. The molecule has 1 rings (SSSR count). The van der Waals surface area contributed by atoms with Crippen LogP contribution in [0.2, 0.25) is 12.6 Å². The molecule has 1 saturated heterocycles. The molecular formula is C32H65NO3SSi. The zero-order valence-corrected chi connectivity index (χ0v) is 27.6. The van der Waals surface area contributed by atoms with Crippen molar-refractivity contribution in [1.82, 2.24) is 5.48 Å². The molecule has 0 amide bonds. The highest BCUT2D eigenvalue weighted by Gasteiger charge is 2.33. The summed E-state index contributed by atoms with van der Waals surface area (Å²) in [5.74, 6) is 1.56. The maximum Gasteiger partial charge on any atom is 0.355 e. The summed E-state index contributed by atoms with van der Waals surface area (Å²) < 4.78 is 12.4. The summed E-state index contributed by atoms with van der Waals surface area (Å²) in [6.07, 6.45) is 29.9. The monoisotopic (exact) mass is 571 g/mol. The Morgan fingerprint density at radius 1 is 0.763 bits per heavy atom. The third-order valence-electron chi connectivity index (χ3n) is 8.08. The number of hydrogen-bond donors (Lipinski definition) is 1. The smallest absolute Gasteiger partial charge is 0.355 e. The minimum atomic E-state index is -2.17. The average molecular weight is 572 g/mol. The average Bonchev–Trinajstić information content (AvgIpc) is 2.90. The Morgan fingerprint density at radius 2 is 1.29 bits per heavy atom. The van der Waals surface area contributed by atoms with Gasteiger partial charge in [-0.05, 0) is 44.2 Å². The van der Waals surface area contributed by atoms with Crippen LogP contribution in [0.1, 0.15) is 162 Å². The molecule has 4 nitrogen and oxygen atoms in total. The fourth-order valence-electron chi connectivity index (χ4n) is 5.41. The van der Waals surface area contributed by atoms with Gasteiger partial charge in [0.15, 0.2) is 5.12 Å². The van der Waals surface area contributed by atoms with Gasteiger partial charge in [-0.25, -0.2) is 5.48 Å². The molecule has 0 bridgehead atoms. The molecule has 6 heteroatoms. The number of unbranched alkanes of at least 4 members (excludes halogenated alkanes) is 17. The van der Waals surface area contributed by atoms with Crippen LogP contribution >= 0.6 is 11.8 Å². The van der Waals surface area contributed by atoms with E-state index in [0.717, 1.165) is 50.6 Å². The van der Waals surface area contributed by atoms with Gasteiger partial charge in [-0.2, -0.15) is 0 Å². The van der Waals surface area contributed by atoms with Crippen molar-refractivity contribution in [3.8, 4) is 0 Å². The Labute approximate surface area is 243 Å². The second-order valence-corrected chi connectivity index (χ2v) is 16.4. The number of hydroxylamine groups is 1. The second kappa shape index (κ2) is 26.0. The first kappa shape index (κ1) is 36.1. The van der Waals surface area contributed by atoms with E-state index in [1.165, 1.54) is 134 Å². The summed E-state index contributed by atoms with van der Waals surface area (Å²) in [6, 6.07) is 0.960. The predicted molar refractivity (Wildman–Crippen MR) is 170 cm³/mol. The number of thioether (sulfide) groups is 1. The lowest BCUT2D eigenvalue weighted by atomic mass is 9.97. The van der Waals surface area contributed by atoms with Crippen LogP contribution in [0.3, 0.4) is 0 Å². The van der Waals surface area contributed by atoms with Crippen molar-refractivity contribution in [2.75, 3.05) is 18.9 Å². The standard InChI is InChI=1S/C32H65NO3SSi/c1-4-6-8-10-12-14-16-17-19-21-24-31-26-27-35-38(3,36-33-30-31)29-23-28-37-32(34)25-22-20-18-15-13-11-9-7-5-2/h31,33H,4-30H2,1-3H3. The molecular weight excluding hydrogens is 507 g/mol. The van der Waals surface area contributed by atoms with Gasteiger partial charge in [0.2, 0.25) is 0 Å². The number of hydrogen-bond acceptors (Lipinski definition) is 5. The van der Waals surface area contributed by atoms with E-state index in [2.05, 4.69) is 25.9 Å².